The van der Waals surface area contributed by atoms with E-state index in [0.29, 0.717) is 0 Å². The predicted molar refractivity (Wildman–Crippen MR) is 253 cm³/mol. The van der Waals surface area contributed by atoms with Crippen molar-refractivity contribution in [3.63, 3.8) is 0 Å². The Morgan fingerprint density at radius 2 is 0.881 bits per heavy atom. The Hall–Kier alpha value is -7.46. The van der Waals surface area contributed by atoms with Gasteiger partial charge in [-0.15, -0.1) is 11.3 Å². The maximum atomic E-state index is 6.81. The molecule has 59 heavy (non-hydrogen) atoms. The normalized spacial score (nSPS) is 11.7. The molecule has 276 valence electrons. The van der Waals surface area contributed by atoms with Crippen LogP contribution in [0, 0.1) is 0 Å². The summed E-state index contributed by atoms with van der Waals surface area (Å²) >= 11 is 1.89. The Morgan fingerprint density at radius 1 is 0.339 bits per heavy atom. The van der Waals surface area contributed by atoms with Crippen LogP contribution in [0.25, 0.3) is 97.0 Å². The molecule has 12 aromatic rings. The summed E-state index contributed by atoms with van der Waals surface area (Å²) in [5.74, 6) is 0. The van der Waals surface area contributed by atoms with Gasteiger partial charge in [0.25, 0.3) is 0 Å². The first kappa shape index (κ1) is 33.7. The molecule has 0 saturated carbocycles. The van der Waals surface area contributed by atoms with Crippen molar-refractivity contribution in [2.24, 2.45) is 0 Å². The van der Waals surface area contributed by atoms with Crippen molar-refractivity contribution in [3.8, 4) is 33.4 Å². The molecule has 0 atom stereocenters. The summed E-state index contributed by atoms with van der Waals surface area (Å²) in [5.41, 5.74) is 12.2. The second-order valence-electron chi connectivity index (χ2n) is 15.2. The number of benzene rings is 10. The second kappa shape index (κ2) is 13.6. The molecule has 2 nitrogen and oxygen atoms in total. The van der Waals surface area contributed by atoms with Crippen molar-refractivity contribution >= 4 is 92.1 Å². The molecule has 0 aliphatic rings. The van der Waals surface area contributed by atoms with Gasteiger partial charge in [-0.05, 0) is 80.4 Å². The van der Waals surface area contributed by atoms with Crippen LogP contribution in [0.5, 0.6) is 0 Å². The Bertz CT molecular complexity index is 3550. The summed E-state index contributed by atoms with van der Waals surface area (Å²) in [6.07, 6.45) is 0. The van der Waals surface area contributed by atoms with Crippen LogP contribution >= 0.6 is 11.3 Å². The van der Waals surface area contributed by atoms with E-state index in [1.807, 2.05) is 11.3 Å². The third kappa shape index (κ3) is 5.40. The number of rotatable bonds is 6. The molecular weight excluding hydrogens is 735 g/mol. The number of hydrogen-bond acceptors (Lipinski definition) is 3. The molecule has 0 radical (unpaired) electrons. The Kier molecular flexibility index (Phi) is 7.75. The Labute approximate surface area is 345 Å². The van der Waals surface area contributed by atoms with E-state index in [2.05, 4.69) is 217 Å². The average Bonchev–Trinajstić information content (AvgIpc) is 3.90. The molecule has 12 rings (SSSR count). The standard InChI is InChI=1S/C56H35NOS/c1-3-14-36(15-4-1)43-34-35-50(53-48-21-9-10-27-51(48)58-54(43)53)57(49-26-11-19-40-29-28-38-18-7-8-20-42(38)52(40)49)41-32-30-39(31-33-41)45-23-13-25-47-46-24-12-22-44(55(46)59-56(45)47)37-16-5-2-6-17-37/h1-35H. The van der Waals surface area contributed by atoms with Crippen molar-refractivity contribution in [1.82, 2.24) is 0 Å². The Balaban J connectivity index is 1.09. The summed E-state index contributed by atoms with van der Waals surface area (Å²) in [5, 5.41) is 9.63. The number of anilines is 3. The van der Waals surface area contributed by atoms with Gasteiger partial charge in [0.15, 0.2) is 0 Å². The highest BCUT2D eigenvalue weighted by atomic mass is 32.1. The summed E-state index contributed by atoms with van der Waals surface area (Å²) in [6, 6.07) is 76.8. The molecule has 10 aromatic carbocycles. The van der Waals surface area contributed by atoms with Gasteiger partial charge in [0.05, 0.1) is 16.8 Å². The molecule has 0 saturated heterocycles. The zero-order chi connectivity index (χ0) is 38.9. The predicted octanol–water partition coefficient (Wildman–Crippen LogP) is 16.7. The summed E-state index contributed by atoms with van der Waals surface area (Å²) in [6.45, 7) is 0. The SMILES string of the molecule is c1ccc(-c2ccc(N(c3ccc(-c4cccc5c4sc4c(-c6ccccc6)cccc45)cc3)c3cccc4ccc5ccccc5c34)c3c2oc2ccccc23)cc1. The van der Waals surface area contributed by atoms with Crippen LogP contribution in [0.15, 0.2) is 217 Å². The largest absolute Gasteiger partial charge is 0.455 e. The summed E-state index contributed by atoms with van der Waals surface area (Å²) in [7, 11) is 0. The van der Waals surface area contributed by atoms with E-state index in [1.165, 1.54) is 64.0 Å². The van der Waals surface area contributed by atoms with Gasteiger partial charge < -0.3 is 9.32 Å². The van der Waals surface area contributed by atoms with Crippen LogP contribution in [0.4, 0.5) is 17.1 Å². The van der Waals surface area contributed by atoms with Crippen LogP contribution < -0.4 is 4.90 Å². The number of furan rings is 1. The minimum absolute atomic E-state index is 0.873. The number of hydrogen-bond donors (Lipinski definition) is 0. The lowest BCUT2D eigenvalue weighted by Gasteiger charge is -2.28. The quantitative estimate of drug-likeness (QED) is 0.157. The summed E-state index contributed by atoms with van der Waals surface area (Å²) < 4.78 is 9.44. The molecule has 0 aliphatic carbocycles. The molecular formula is C56H35NOS. The third-order valence-electron chi connectivity index (χ3n) is 11.9. The lowest BCUT2D eigenvalue weighted by atomic mass is 9.97. The smallest absolute Gasteiger partial charge is 0.145 e. The first-order chi connectivity index (χ1) is 29.3. The van der Waals surface area contributed by atoms with Gasteiger partial charge in [-0.3, -0.25) is 0 Å². The molecule has 3 heteroatoms. The van der Waals surface area contributed by atoms with Gasteiger partial charge in [0.1, 0.15) is 11.2 Å². The molecule has 0 bridgehead atoms. The van der Waals surface area contributed by atoms with Crippen LogP contribution in [0.1, 0.15) is 0 Å². The third-order valence-corrected chi connectivity index (χ3v) is 13.2. The molecule has 2 aromatic heterocycles. The first-order valence-corrected chi connectivity index (χ1v) is 20.9. The van der Waals surface area contributed by atoms with Crippen molar-refractivity contribution in [2.45, 2.75) is 0 Å². The van der Waals surface area contributed by atoms with Crippen LogP contribution in [0.2, 0.25) is 0 Å². The molecule has 2 heterocycles. The van der Waals surface area contributed by atoms with Crippen molar-refractivity contribution < 1.29 is 4.42 Å². The number of nitrogens with zero attached hydrogens (tertiary/aromatic N) is 1. The van der Waals surface area contributed by atoms with E-state index in [1.54, 1.807) is 0 Å². The molecule has 0 spiro atoms. The molecule has 0 fully saturated rings. The van der Waals surface area contributed by atoms with Gasteiger partial charge in [-0.2, -0.15) is 0 Å². The fourth-order valence-electron chi connectivity index (χ4n) is 9.16. The number of para-hydroxylation sites is 1. The van der Waals surface area contributed by atoms with Gasteiger partial charge in [0, 0.05) is 42.2 Å². The molecule has 0 amide bonds. The van der Waals surface area contributed by atoms with Gasteiger partial charge in [-0.25, -0.2) is 0 Å². The van der Waals surface area contributed by atoms with Crippen LogP contribution in [-0.2, 0) is 0 Å². The van der Waals surface area contributed by atoms with E-state index in [-0.39, 0.29) is 0 Å². The fraction of sp³-hybridized carbons (Fsp3) is 0. The number of thiophene rings is 1. The van der Waals surface area contributed by atoms with Crippen molar-refractivity contribution in [3.05, 3.63) is 212 Å². The molecule has 0 aliphatic heterocycles. The lowest BCUT2D eigenvalue weighted by Crippen LogP contribution is -2.11. The maximum Gasteiger partial charge on any atom is 0.145 e. The Morgan fingerprint density at radius 3 is 1.61 bits per heavy atom. The van der Waals surface area contributed by atoms with Crippen LogP contribution in [-0.4, -0.2) is 0 Å². The minimum Gasteiger partial charge on any atom is -0.455 e. The highest BCUT2D eigenvalue weighted by Gasteiger charge is 2.24. The van der Waals surface area contributed by atoms with Gasteiger partial charge >= 0.3 is 0 Å². The molecule has 0 N–H and O–H groups in total. The van der Waals surface area contributed by atoms with E-state index in [9.17, 15) is 0 Å². The monoisotopic (exact) mass is 769 g/mol. The van der Waals surface area contributed by atoms with E-state index in [4.69, 9.17) is 4.42 Å². The van der Waals surface area contributed by atoms with Gasteiger partial charge in [-0.1, -0.05) is 176 Å². The van der Waals surface area contributed by atoms with E-state index >= 15 is 0 Å². The summed E-state index contributed by atoms with van der Waals surface area (Å²) in [4.78, 5) is 2.45. The fourth-order valence-corrected chi connectivity index (χ4v) is 10.5. The van der Waals surface area contributed by atoms with Gasteiger partial charge in [0.2, 0.25) is 0 Å². The lowest BCUT2D eigenvalue weighted by molar-refractivity contribution is 0.670. The number of fused-ring (bicyclic) bond motifs is 9. The van der Waals surface area contributed by atoms with Crippen molar-refractivity contribution in [2.75, 3.05) is 4.90 Å². The highest BCUT2D eigenvalue weighted by molar-refractivity contribution is 7.26. The maximum absolute atomic E-state index is 6.81. The van der Waals surface area contributed by atoms with E-state index < -0.39 is 0 Å². The van der Waals surface area contributed by atoms with Crippen molar-refractivity contribution in [1.29, 1.82) is 0 Å². The van der Waals surface area contributed by atoms with Crippen LogP contribution in [0.3, 0.4) is 0 Å². The highest BCUT2D eigenvalue weighted by Crippen LogP contribution is 2.49. The zero-order valence-corrected chi connectivity index (χ0v) is 32.8. The second-order valence-corrected chi connectivity index (χ2v) is 16.2. The average molecular weight is 770 g/mol. The molecule has 0 unspecified atom stereocenters. The topological polar surface area (TPSA) is 16.4 Å². The minimum atomic E-state index is 0.873. The first-order valence-electron chi connectivity index (χ1n) is 20.1. The zero-order valence-electron chi connectivity index (χ0n) is 32.0. The van der Waals surface area contributed by atoms with E-state index in [0.717, 1.165) is 50.1 Å².